The summed E-state index contributed by atoms with van der Waals surface area (Å²) in [5, 5.41) is 6.03. The number of methoxy groups -OCH3 is 1. The van der Waals surface area contributed by atoms with Crippen molar-refractivity contribution >= 4 is 11.7 Å². The number of hydrogen-bond acceptors (Lipinski definition) is 5. The molecule has 6 heteroatoms. The maximum absolute atomic E-state index is 12.0. The van der Waals surface area contributed by atoms with Crippen LogP contribution in [0.1, 0.15) is 43.6 Å². The Morgan fingerprint density at radius 3 is 2.65 bits per heavy atom. The van der Waals surface area contributed by atoms with Crippen molar-refractivity contribution in [3.05, 3.63) is 18.1 Å². The summed E-state index contributed by atoms with van der Waals surface area (Å²) in [5.74, 6) is 0.473. The molecular formula is C14H24N4O2. The Morgan fingerprint density at radius 1 is 1.30 bits per heavy atom. The molecule has 1 rings (SSSR count). The molecule has 0 spiro atoms. The van der Waals surface area contributed by atoms with Gasteiger partial charge in [-0.2, -0.15) is 0 Å². The number of amides is 1. The molecule has 0 aromatic carbocycles. The van der Waals surface area contributed by atoms with E-state index in [1.165, 1.54) is 6.20 Å². The summed E-state index contributed by atoms with van der Waals surface area (Å²) in [4.78, 5) is 20.3. The maximum atomic E-state index is 12.0. The summed E-state index contributed by atoms with van der Waals surface area (Å²) in [5.41, 5.74) is 0.323. The molecule has 0 aliphatic rings. The number of nitrogens with one attached hydrogen (secondary N) is 2. The van der Waals surface area contributed by atoms with E-state index in [0.29, 0.717) is 18.1 Å². The number of nitrogens with zero attached hydrogens (tertiary/aromatic N) is 2. The summed E-state index contributed by atoms with van der Waals surface area (Å²) in [6.45, 7) is 5.49. The third-order valence-corrected chi connectivity index (χ3v) is 2.78. The summed E-state index contributed by atoms with van der Waals surface area (Å²) < 4.78 is 5.10. The first-order valence-corrected chi connectivity index (χ1v) is 7.06. The van der Waals surface area contributed by atoms with Crippen LogP contribution >= 0.6 is 0 Å². The average Bonchev–Trinajstić information content (AvgIpc) is 2.46. The fraction of sp³-hybridized carbons (Fsp3) is 0.643. The summed E-state index contributed by atoms with van der Waals surface area (Å²) in [7, 11) is 1.63. The van der Waals surface area contributed by atoms with Gasteiger partial charge in [0, 0.05) is 13.7 Å². The largest absolute Gasteiger partial charge is 0.383 e. The van der Waals surface area contributed by atoms with E-state index in [2.05, 4.69) is 34.4 Å². The van der Waals surface area contributed by atoms with Crippen LogP contribution in [0.25, 0.3) is 0 Å². The Kier molecular flexibility index (Phi) is 7.57. The predicted molar refractivity (Wildman–Crippen MR) is 78.9 cm³/mol. The second-order valence-electron chi connectivity index (χ2n) is 4.63. The monoisotopic (exact) mass is 280 g/mol. The molecule has 0 aliphatic heterocycles. The van der Waals surface area contributed by atoms with E-state index in [-0.39, 0.29) is 11.9 Å². The molecule has 0 radical (unpaired) electrons. The van der Waals surface area contributed by atoms with E-state index in [9.17, 15) is 4.79 Å². The maximum Gasteiger partial charge on any atom is 0.271 e. The number of aromatic nitrogens is 2. The average molecular weight is 280 g/mol. The van der Waals surface area contributed by atoms with Crippen molar-refractivity contribution in [3.8, 4) is 0 Å². The predicted octanol–water partition coefficient (Wildman–Crippen LogP) is 1.84. The highest BCUT2D eigenvalue weighted by molar-refractivity contribution is 5.92. The molecule has 1 amide bonds. The van der Waals surface area contributed by atoms with Crippen molar-refractivity contribution in [2.24, 2.45) is 0 Å². The summed E-state index contributed by atoms with van der Waals surface area (Å²) >= 11 is 0. The highest BCUT2D eigenvalue weighted by atomic mass is 16.5. The minimum absolute atomic E-state index is 0.0113. The van der Waals surface area contributed by atoms with Crippen molar-refractivity contribution in [1.29, 1.82) is 0 Å². The Balaban J connectivity index is 2.57. The van der Waals surface area contributed by atoms with Gasteiger partial charge in [-0.1, -0.05) is 20.3 Å². The van der Waals surface area contributed by atoms with Crippen LogP contribution in [0.5, 0.6) is 0 Å². The molecule has 2 N–H and O–H groups in total. The van der Waals surface area contributed by atoms with Crippen molar-refractivity contribution in [2.75, 3.05) is 25.6 Å². The third kappa shape index (κ3) is 5.52. The molecule has 1 aromatic rings. The lowest BCUT2D eigenvalue weighted by atomic mass is 10.2. The van der Waals surface area contributed by atoms with E-state index >= 15 is 0 Å². The molecule has 1 unspecified atom stereocenters. The van der Waals surface area contributed by atoms with Crippen molar-refractivity contribution in [3.63, 3.8) is 0 Å². The van der Waals surface area contributed by atoms with E-state index in [1.807, 2.05) is 0 Å². The first-order chi connectivity index (χ1) is 9.71. The Bertz CT molecular complexity index is 389. The topological polar surface area (TPSA) is 76.1 Å². The van der Waals surface area contributed by atoms with E-state index in [0.717, 1.165) is 25.8 Å². The van der Waals surface area contributed by atoms with Crippen LogP contribution < -0.4 is 10.6 Å². The number of rotatable bonds is 9. The van der Waals surface area contributed by atoms with E-state index in [4.69, 9.17) is 4.74 Å². The molecule has 20 heavy (non-hydrogen) atoms. The minimum atomic E-state index is -0.213. The van der Waals surface area contributed by atoms with Gasteiger partial charge in [0.1, 0.15) is 11.5 Å². The highest BCUT2D eigenvalue weighted by Crippen LogP contribution is 2.03. The second kappa shape index (κ2) is 9.25. The highest BCUT2D eigenvalue weighted by Gasteiger charge is 2.14. The zero-order valence-electron chi connectivity index (χ0n) is 12.5. The standard InChI is InChI=1S/C14H24N4O2/c1-4-6-11(10-20-3)18-14(19)12-8-17-13(9-16-12)15-7-5-2/h8-9,11H,4-7,10H2,1-3H3,(H,15,17)(H,18,19). The van der Waals surface area contributed by atoms with Crippen molar-refractivity contribution < 1.29 is 9.53 Å². The second-order valence-corrected chi connectivity index (χ2v) is 4.63. The Morgan fingerprint density at radius 2 is 2.10 bits per heavy atom. The van der Waals surface area contributed by atoms with Gasteiger partial charge in [0.15, 0.2) is 0 Å². The van der Waals surface area contributed by atoms with Crippen LogP contribution in [0.4, 0.5) is 5.82 Å². The van der Waals surface area contributed by atoms with Gasteiger partial charge in [-0.3, -0.25) is 4.79 Å². The van der Waals surface area contributed by atoms with Crippen LogP contribution in [-0.4, -0.2) is 42.2 Å². The number of hydrogen-bond donors (Lipinski definition) is 2. The molecule has 0 saturated carbocycles. The number of anilines is 1. The molecular weight excluding hydrogens is 256 g/mol. The van der Waals surface area contributed by atoms with Crippen LogP contribution in [0.2, 0.25) is 0 Å². The molecule has 0 bridgehead atoms. The molecule has 6 nitrogen and oxygen atoms in total. The van der Waals surface area contributed by atoms with Gasteiger partial charge >= 0.3 is 0 Å². The van der Waals surface area contributed by atoms with Crippen LogP contribution in [0.3, 0.4) is 0 Å². The third-order valence-electron chi connectivity index (χ3n) is 2.78. The molecule has 1 atom stereocenters. The van der Waals surface area contributed by atoms with E-state index in [1.54, 1.807) is 13.3 Å². The molecule has 0 fully saturated rings. The molecule has 1 heterocycles. The van der Waals surface area contributed by atoms with Crippen LogP contribution in [0.15, 0.2) is 12.4 Å². The van der Waals surface area contributed by atoms with Gasteiger partial charge in [0.2, 0.25) is 0 Å². The van der Waals surface area contributed by atoms with Gasteiger partial charge in [-0.15, -0.1) is 0 Å². The lowest BCUT2D eigenvalue weighted by Gasteiger charge is -2.16. The molecule has 0 saturated heterocycles. The van der Waals surface area contributed by atoms with Gasteiger partial charge in [0.25, 0.3) is 5.91 Å². The number of carbonyl (C=O) groups excluding carboxylic acids is 1. The number of ether oxygens (including phenoxy) is 1. The van der Waals surface area contributed by atoms with Gasteiger partial charge in [0.05, 0.1) is 25.0 Å². The van der Waals surface area contributed by atoms with Gasteiger partial charge in [-0.25, -0.2) is 9.97 Å². The quantitative estimate of drug-likeness (QED) is 0.722. The zero-order chi connectivity index (χ0) is 14.8. The molecule has 112 valence electrons. The fourth-order valence-corrected chi connectivity index (χ4v) is 1.80. The van der Waals surface area contributed by atoms with Crippen LogP contribution in [-0.2, 0) is 4.74 Å². The van der Waals surface area contributed by atoms with Gasteiger partial charge in [-0.05, 0) is 12.8 Å². The minimum Gasteiger partial charge on any atom is -0.383 e. The fourth-order valence-electron chi connectivity index (χ4n) is 1.80. The van der Waals surface area contributed by atoms with Crippen LogP contribution in [0, 0.1) is 0 Å². The SMILES string of the molecule is CCCNc1cnc(C(=O)NC(CCC)COC)cn1. The number of carbonyl (C=O) groups is 1. The lowest BCUT2D eigenvalue weighted by Crippen LogP contribution is -2.38. The first kappa shape index (κ1) is 16.4. The summed E-state index contributed by atoms with van der Waals surface area (Å²) in [6.07, 6.45) is 5.95. The van der Waals surface area contributed by atoms with E-state index < -0.39 is 0 Å². The summed E-state index contributed by atoms with van der Waals surface area (Å²) in [6, 6.07) is 0.0113. The first-order valence-electron chi connectivity index (χ1n) is 7.06. The lowest BCUT2D eigenvalue weighted by molar-refractivity contribution is 0.0886. The smallest absolute Gasteiger partial charge is 0.271 e. The molecule has 1 aromatic heterocycles. The Labute approximate surface area is 120 Å². The zero-order valence-corrected chi connectivity index (χ0v) is 12.5. The Hall–Kier alpha value is -1.69. The normalized spacial score (nSPS) is 11.9. The van der Waals surface area contributed by atoms with Gasteiger partial charge < -0.3 is 15.4 Å². The van der Waals surface area contributed by atoms with Crippen molar-refractivity contribution in [1.82, 2.24) is 15.3 Å². The van der Waals surface area contributed by atoms with Crippen molar-refractivity contribution in [2.45, 2.75) is 39.2 Å². The molecule has 0 aliphatic carbocycles.